The van der Waals surface area contributed by atoms with Crippen molar-refractivity contribution in [1.82, 2.24) is 4.90 Å². The summed E-state index contributed by atoms with van der Waals surface area (Å²) >= 11 is 1.98. The minimum atomic E-state index is 0.416. The van der Waals surface area contributed by atoms with Gasteiger partial charge in [0.15, 0.2) is 0 Å². The van der Waals surface area contributed by atoms with Gasteiger partial charge in [-0.25, -0.2) is 0 Å². The van der Waals surface area contributed by atoms with Gasteiger partial charge in [0, 0.05) is 24.1 Å². The minimum Gasteiger partial charge on any atom is -0.282 e. The SMILES string of the molecule is Cc1ccc(C2CSCCN2CC#N)cc1. The molecule has 1 heterocycles. The van der Waals surface area contributed by atoms with Gasteiger partial charge < -0.3 is 0 Å². The van der Waals surface area contributed by atoms with E-state index in [-0.39, 0.29) is 0 Å². The first-order valence-corrected chi connectivity index (χ1v) is 6.72. The first-order valence-electron chi connectivity index (χ1n) is 5.56. The van der Waals surface area contributed by atoms with E-state index in [9.17, 15) is 0 Å². The van der Waals surface area contributed by atoms with E-state index in [2.05, 4.69) is 42.2 Å². The molecule has 1 unspecified atom stereocenters. The van der Waals surface area contributed by atoms with Gasteiger partial charge in [-0.15, -0.1) is 0 Å². The summed E-state index contributed by atoms with van der Waals surface area (Å²) in [6.45, 7) is 3.67. The van der Waals surface area contributed by atoms with Crippen molar-refractivity contribution in [3.63, 3.8) is 0 Å². The molecule has 1 saturated heterocycles. The second-order valence-electron chi connectivity index (χ2n) is 4.13. The molecule has 16 heavy (non-hydrogen) atoms. The van der Waals surface area contributed by atoms with Gasteiger partial charge in [-0.05, 0) is 12.5 Å². The molecule has 1 atom stereocenters. The molecule has 0 saturated carbocycles. The van der Waals surface area contributed by atoms with Crippen LogP contribution in [0.3, 0.4) is 0 Å². The second kappa shape index (κ2) is 5.38. The number of nitrogens with zero attached hydrogens (tertiary/aromatic N) is 2. The van der Waals surface area contributed by atoms with Crippen LogP contribution in [0.25, 0.3) is 0 Å². The summed E-state index contributed by atoms with van der Waals surface area (Å²) in [6.07, 6.45) is 0. The summed E-state index contributed by atoms with van der Waals surface area (Å²) in [6, 6.07) is 11.4. The fourth-order valence-corrected chi connectivity index (χ4v) is 3.17. The van der Waals surface area contributed by atoms with Crippen molar-refractivity contribution in [2.45, 2.75) is 13.0 Å². The summed E-state index contributed by atoms with van der Waals surface area (Å²) in [7, 11) is 0. The molecule has 0 radical (unpaired) electrons. The Morgan fingerprint density at radius 3 is 2.88 bits per heavy atom. The molecule has 3 heteroatoms. The number of thioether (sulfide) groups is 1. The van der Waals surface area contributed by atoms with E-state index < -0.39 is 0 Å². The average molecular weight is 232 g/mol. The molecular formula is C13H16N2S. The molecule has 0 amide bonds. The predicted molar refractivity (Wildman–Crippen MR) is 68.4 cm³/mol. The predicted octanol–water partition coefficient (Wildman–Crippen LogP) is 2.61. The van der Waals surface area contributed by atoms with Crippen LogP contribution in [0, 0.1) is 18.3 Å². The Morgan fingerprint density at radius 2 is 2.19 bits per heavy atom. The lowest BCUT2D eigenvalue weighted by Crippen LogP contribution is -2.36. The Kier molecular flexibility index (Phi) is 3.87. The summed E-state index contributed by atoms with van der Waals surface area (Å²) < 4.78 is 0. The quantitative estimate of drug-likeness (QED) is 0.733. The van der Waals surface area contributed by atoms with Crippen LogP contribution in [-0.4, -0.2) is 29.5 Å². The van der Waals surface area contributed by atoms with Gasteiger partial charge in [-0.1, -0.05) is 29.8 Å². The molecule has 1 aliphatic rings. The third kappa shape index (κ3) is 2.58. The van der Waals surface area contributed by atoms with E-state index in [0.29, 0.717) is 12.6 Å². The fourth-order valence-electron chi connectivity index (χ4n) is 2.01. The van der Waals surface area contributed by atoms with Gasteiger partial charge in [-0.2, -0.15) is 17.0 Å². The van der Waals surface area contributed by atoms with E-state index in [1.807, 2.05) is 11.8 Å². The van der Waals surface area contributed by atoms with Crippen molar-refractivity contribution >= 4 is 11.8 Å². The molecule has 1 fully saturated rings. The van der Waals surface area contributed by atoms with Crippen molar-refractivity contribution < 1.29 is 0 Å². The number of nitriles is 1. The summed E-state index contributed by atoms with van der Waals surface area (Å²) in [5, 5.41) is 8.83. The van der Waals surface area contributed by atoms with Gasteiger partial charge in [-0.3, -0.25) is 4.90 Å². The largest absolute Gasteiger partial charge is 0.282 e. The topological polar surface area (TPSA) is 27.0 Å². The highest BCUT2D eigenvalue weighted by Crippen LogP contribution is 2.29. The van der Waals surface area contributed by atoms with Crippen LogP contribution in [0.4, 0.5) is 0 Å². The number of aryl methyl sites for hydroxylation is 1. The second-order valence-corrected chi connectivity index (χ2v) is 5.28. The zero-order valence-corrected chi connectivity index (χ0v) is 10.3. The highest BCUT2D eigenvalue weighted by atomic mass is 32.2. The highest BCUT2D eigenvalue weighted by molar-refractivity contribution is 7.99. The zero-order chi connectivity index (χ0) is 11.4. The first kappa shape index (κ1) is 11.5. The van der Waals surface area contributed by atoms with Crippen LogP contribution in [0.15, 0.2) is 24.3 Å². The van der Waals surface area contributed by atoms with Gasteiger partial charge in [0.2, 0.25) is 0 Å². The van der Waals surface area contributed by atoms with E-state index in [0.717, 1.165) is 18.1 Å². The van der Waals surface area contributed by atoms with Crippen LogP contribution in [0.5, 0.6) is 0 Å². The lowest BCUT2D eigenvalue weighted by atomic mass is 10.0. The van der Waals surface area contributed by atoms with Crippen LogP contribution in [-0.2, 0) is 0 Å². The summed E-state index contributed by atoms with van der Waals surface area (Å²) in [4.78, 5) is 2.28. The van der Waals surface area contributed by atoms with Gasteiger partial charge in [0.25, 0.3) is 0 Å². The Labute approximate surface area is 101 Å². The molecular weight excluding hydrogens is 216 g/mol. The molecule has 0 spiro atoms. The van der Waals surface area contributed by atoms with Crippen molar-refractivity contribution in [3.05, 3.63) is 35.4 Å². The Balaban J connectivity index is 2.16. The molecule has 84 valence electrons. The molecule has 0 bridgehead atoms. The van der Waals surface area contributed by atoms with Crippen LogP contribution >= 0.6 is 11.8 Å². The molecule has 1 aliphatic heterocycles. The molecule has 0 aliphatic carbocycles. The maximum Gasteiger partial charge on any atom is 0.0871 e. The smallest absolute Gasteiger partial charge is 0.0871 e. The lowest BCUT2D eigenvalue weighted by molar-refractivity contribution is 0.249. The average Bonchev–Trinajstić information content (AvgIpc) is 2.32. The third-order valence-electron chi connectivity index (χ3n) is 2.98. The first-order chi connectivity index (χ1) is 7.81. The zero-order valence-electron chi connectivity index (χ0n) is 9.52. The van der Waals surface area contributed by atoms with Crippen molar-refractivity contribution in [1.29, 1.82) is 5.26 Å². The van der Waals surface area contributed by atoms with Crippen molar-refractivity contribution in [2.24, 2.45) is 0 Å². The Morgan fingerprint density at radius 1 is 1.44 bits per heavy atom. The maximum absolute atomic E-state index is 8.83. The number of benzene rings is 1. The normalized spacial score (nSPS) is 21.6. The standard InChI is InChI=1S/C13H16N2S/c1-11-2-4-12(5-3-11)13-10-16-9-8-15(13)7-6-14/h2-5,13H,7-10H2,1H3. The van der Waals surface area contributed by atoms with E-state index >= 15 is 0 Å². The monoisotopic (exact) mass is 232 g/mol. The fraction of sp³-hybridized carbons (Fsp3) is 0.462. The van der Waals surface area contributed by atoms with E-state index in [1.165, 1.54) is 11.1 Å². The molecule has 0 N–H and O–H groups in total. The van der Waals surface area contributed by atoms with Crippen LogP contribution in [0.1, 0.15) is 17.2 Å². The lowest BCUT2D eigenvalue weighted by Gasteiger charge is -2.33. The summed E-state index contributed by atoms with van der Waals surface area (Å²) in [5.41, 5.74) is 2.63. The van der Waals surface area contributed by atoms with Crippen LogP contribution in [0.2, 0.25) is 0 Å². The minimum absolute atomic E-state index is 0.416. The third-order valence-corrected chi connectivity index (χ3v) is 4.00. The summed E-state index contributed by atoms with van der Waals surface area (Å²) in [5.74, 6) is 2.24. The van der Waals surface area contributed by atoms with Crippen molar-refractivity contribution in [2.75, 3.05) is 24.6 Å². The number of hydrogen-bond acceptors (Lipinski definition) is 3. The number of rotatable bonds is 2. The van der Waals surface area contributed by atoms with Gasteiger partial charge in [0.05, 0.1) is 12.6 Å². The Hall–Kier alpha value is -0.980. The highest BCUT2D eigenvalue weighted by Gasteiger charge is 2.23. The van der Waals surface area contributed by atoms with Gasteiger partial charge in [0.1, 0.15) is 0 Å². The molecule has 1 aromatic rings. The maximum atomic E-state index is 8.83. The molecule has 1 aromatic carbocycles. The van der Waals surface area contributed by atoms with E-state index in [1.54, 1.807) is 0 Å². The Bertz CT molecular complexity index is 380. The number of hydrogen-bond donors (Lipinski definition) is 0. The van der Waals surface area contributed by atoms with Gasteiger partial charge >= 0.3 is 0 Å². The molecule has 0 aromatic heterocycles. The van der Waals surface area contributed by atoms with Crippen LogP contribution < -0.4 is 0 Å². The van der Waals surface area contributed by atoms with E-state index in [4.69, 9.17) is 5.26 Å². The molecule has 2 nitrogen and oxygen atoms in total. The van der Waals surface area contributed by atoms with Crippen molar-refractivity contribution in [3.8, 4) is 6.07 Å². The molecule has 2 rings (SSSR count).